The first-order chi connectivity index (χ1) is 13.6. The zero-order valence-electron chi connectivity index (χ0n) is 15.1. The summed E-state index contributed by atoms with van der Waals surface area (Å²) in [5.41, 5.74) is 1.52. The third-order valence-corrected chi connectivity index (χ3v) is 4.74. The number of fused-ring (bicyclic) bond motifs is 2. The zero-order chi connectivity index (χ0) is 19.9. The Kier molecular flexibility index (Phi) is 7.19. The number of phenols is 1. The summed E-state index contributed by atoms with van der Waals surface area (Å²) in [6, 6.07) is 15.2. The van der Waals surface area contributed by atoms with Crippen LogP contribution in [0.3, 0.4) is 0 Å². The number of aromatic hydroxyl groups is 1. The Labute approximate surface area is 179 Å². The molecule has 144 valence electrons. The summed E-state index contributed by atoms with van der Waals surface area (Å²) < 4.78 is 12.4. The van der Waals surface area contributed by atoms with Crippen LogP contribution in [0.5, 0.6) is 11.5 Å². The molecule has 0 aliphatic carbocycles. The Morgan fingerprint density at radius 1 is 0.857 bits per heavy atom. The van der Waals surface area contributed by atoms with Crippen LogP contribution >= 0.6 is 31.9 Å². The van der Waals surface area contributed by atoms with Crippen molar-refractivity contribution < 1.29 is 14.6 Å². The molecule has 5 nitrogen and oxygen atoms in total. The van der Waals surface area contributed by atoms with Crippen LogP contribution < -0.4 is 4.74 Å². The molecule has 28 heavy (non-hydrogen) atoms. The van der Waals surface area contributed by atoms with Gasteiger partial charge in [-0.2, -0.15) is 0 Å². The van der Waals surface area contributed by atoms with Crippen molar-refractivity contribution in [3.8, 4) is 11.5 Å². The first-order valence-corrected chi connectivity index (χ1v) is 10.1. The van der Waals surface area contributed by atoms with Gasteiger partial charge in [-0.25, -0.2) is 0 Å². The van der Waals surface area contributed by atoms with E-state index in [1.807, 2.05) is 42.5 Å². The number of phenolic OH excluding ortho intramolecular Hbond substituents is 1. The van der Waals surface area contributed by atoms with E-state index in [4.69, 9.17) is 9.47 Å². The van der Waals surface area contributed by atoms with Gasteiger partial charge in [0.25, 0.3) is 0 Å². The van der Waals surface area contributed by atoms with Crippen molar-refractivity contribution in [1.29, 1.82) is 0 Å². The fourth-order valence-corrected chi connectivity index (χ4v) is 3.52. The van der Waals surface area contributed by atoms with Gasteiger partial charge >= 0.3 is 0 Å². The zero-order valence-corrected chi connectivity index (χ0v) is 18.3. The molecule has 0 atom stereocenters. The molecule has 0 aliphatic heterocycles. The van der Waals surface area contributed by atoms with Gasteiger partial charge in [-0.1, -0.05) is 44.0 Å². The molecule has 0 fully saturated rings. The quantitative estimate of drug-likeness (QED) is 0.359. The Morgan fingerprint density at radius 3 is 2.14 bits per heavy atom. The van der Waals surface area contributed by atoms with Gasteiger partial charge in [0.1, 0.15) is 29.1 Å². The number of hydrogen-bond donors (Lipinski definition) is 1. The number of nitrogens with zero attached hydrogens (tertiary/aromatic N) is 2. The highest BCUT2D eigenvalue weighted by Crippen LogP contribution is 2.28. The van der Waals surface area contributed by atoms with Crippen molar-refractivity contribution >= 4 is 53.7 Å². The summed E-state index contributed by atoms with van der Waals surface area (Å²) in [6.45, 7) is 1.10. The largest absolute Gasteiger partial charge is 0.506 e. The number of benzene rings is 2. The molecule has 1 N–H and O–H groups in total. The Bertz CT molecular complexity index is 1090. The van der Waals surface area contributed by atoms with Gasteiger partial charge in [0.2, 0.25) is 0 Å². The molecule has 0 saturated carbocycles. The van der Waals surface area contributed by atoms with E-state index in [1.54, 1.807) is 25.6 Å². The molecular weight excluding hydrogens is 488 g/mol. The molecule has 0 spiro atoms. The molecular formula is C21H18Br2N2O3. The van der Waals surface area contributed by atoms with Crippen LogP contribution in [0, 0.1) is 0 Å². The Balaban J connectivity index is 0.000000167. The SMILES string of the molecule is COCCOc1cc(Br)cc2cccnc12.Oc1cc(Br)cc2cccnc12. The lowest BCUT2D eigenvalue weighted by Crippen LogP contribution is -2.04. The van der Waals surface area contributed by atoms with E-state index in [0.717, 1.165) is 31.0 Å². The molecule has 4 aromatic rings. The number of aromatic nitrogens is 2. The normalized spacial score (nSPS) is 10.5. The molecule has 0 aliphatic rings. The van der Waals surface area contributed by atoms with Crippen LogP contribution in [-0.4, -0.2) is 35.4 Å². The minimum Gasteiger partial charge on any atom is -0.506 e. The maximum Gasteiger partial charge on any atom is 0.146 e. The smallest absolute Gasteiger partial charge is 0.146 e. The van der Waals surface area contributed by atoms with Gasteiger partial charge in [0.15, 0.2) is 0 Å². The molecule has 0 radical (unpaired) electrons. The number of methoxy groups -OCH3 is 1. The first kappa shape index (κ1) is 20.5. The van der Waals surface area contributed by atoms with Crippen LogP contribution in [0.4, 0.5) is 0 Å². The minimum atomic E-state index is 0.208. The number of rotatable bonds is 4. The molecule has 0 saturated heterocycles. The van der Waals surface area contributed by atoms with Crippen LogP contribution in [-0.2, 0) is 4.74 Å². The number of pyridine rings is 2. The van der Waals surface area contributed by atoms with Crippen molar-refractivity contribution in [2.24, 2.45) is 0 Å². The van der Waals surface area contributed by atoms with Crippen LogP contribution in [0.2, 0.25) is 0 Å². The summed E-state index contributed by atoms with van der Waals surface area (Å²) in [5.74, 6) is 0.988. The molecule has 7 heteroatoms. The summed E-state index contributed by atoms with van der Waals surface area (Å²) in [7, 11) is 1.65. The topological polar surface area (TPSA) is 64.5 Å². The van der Waals surface area contributed by atoms with Crippen molar-refractivity contribution in [3.63, 3.8) is 0 Å². The molecule has 0 unspecified atom stereocenters. The molecule has 0 amide bonds. The lowest BCUT2D eigenvalue weighted by atomic mass is 10.2. The van der Waals surface area contributed by atoms with Crippen LogP contribution in [0.25, 0.3) is 21.8 Å². The summed E-state index contributed by atoms with van der Waals surface area (Å²) in [5, 5.41) is 11.5. The van der Waals surface area contributed by atoms with Gasteiger partial charge in [-0.15, -0.1) is 0 Å². The van der Waals surface area contributed by atoms with Crippen molar-refractivity contribution in [2.75, 3.05) is 20.3 Å². The maximum atomic E-state index is 9.46. The Hall–Kier alpha value is -2.22. The second kappa shape index (κ2) is 9.82. The fourth-order valence-electron chi connectivity index (χ4n) is 2.61. The van der Waals surface area contributed by atoms with Crippen molar-refractivity contribution in [1.82, 2.24) is 9.97 Å². The summed E-state index contributed by atoms with van der Waals surface area (Å²) >= 11 is 6.75. The average Bonchev–Trinajstić information content (AvgIpc) is 2.68. The monoisotopic (exact) mass is 504 g/mol. The Morgan fingerprint density at radius 2 is 1.46 bits per heavy atom. The second-order valence-electron chi connectivity index (χ2n) is 5.82. The standard InChI is InChI=1S/C12H12BrNO2.C9H6BrNO/c1-15-5-6-16-11-8-10(13)7-9-3-2-4-14-12(9)11;10-7-4-6-2-1-3-11-9(6)8(12)5-7/h2-4,7-8H,5-6H2,1H3;1-5,12H. The van der Waals surface area contributed by atoms with Gasteiger partial charge in [-0.3, -0.25) is 9.97 Å². The van der Waals surface area contributed by atoms with E-state index in [2.05, 4.69) is 41.8 Å². The van der Waals surface area contributed by atoms with E-state index in [0.29, 0.717) is 18.7 Å². The predicted molar refractivity (Wildman–Crippen MR) is 118 cm³/mol. The third kappa shape index (κ3) is 5.19. The van der Waals surface area contributed by atoms with Crippen molar-refractivity contribution in [2.45, 2.75) is 0 Å². The average molecular weight is 506 g/mol. The molecule has 4 rings (SSSR count). The molecule has 2 aromatic heterocycles. The molecule has 2 heterocycles. The maximum absolute atomic E-state index is 9.46. The van der Waals surface area contributed by atoms with Gasteiger partial charge < -0.3 is 14.6 Å². The van der Waals surface area contributed by atoms with Gasteiger partial charge in [0.05, 0.1) is 6.61 Å². The summed E-state index contributed by atoms with van der Waals surface area (Å²) in [6.07, 6.45) is 3.43. The first-order valence-electron chi connectivity index (χ1n) is 8.47. The minimum absolute atomic E-state index is 0.208. The van der Waals surface area contributed by atoms with E-state index < -0.39 is 0 Å². The predicted octanol–water partition coefficient (Wildman–Crippen LogP) is 5.73. The van der Waals surface area contributed by atoms with Crippen molar-refractivity contribution in [3.05, 3.63) is 69.9 Å². The van der Waals surface area contributed by atoms with Crippen LogP contribution in [0.1, 0.15) is 0 Å². The van der Waals surface area contributed by atoms with Gasteiger partial charge in [-0.05, 0) is 36.4 Å². The molecule has 0 bridgehead atoms. The number of halogens is 2. The van der Waals surface area contributed by atoms with Crippen LogP contribution in [0.15, 0.2) is 69.9 Å². The van der Waals surface area contributed by atoms with E-state index in [9.17, 15) is 5.11 Å². The van der Waals surface area contributed by atoms with E-state index in [1.165, 1.54) is 0 Å². The molecule has 2 aromatic carbocycles. The second-order valence-corrected chi connectivity index (χ2v) is 7.65. The highest BCUT2D eigenvalue weighted by atomic mass is 79.9. The summed E-state index contributed by atoms with van der Waals surface area (Å²) in [4.78, 5) is 8.37. The fraction of sp³-hybridized carbons (Fsp3) is 0.143. The number of hydrogen-bond acceptors (Lipinski definition) is 5. The van der Waals surface area contributed by atoms with E-state index in [-0.39, 0.29) is 5.75 Å². The highest BCUT2D eigenvalue weighted by molar-refractivity contribution is 9.10. The lowest BCUT2D eigenvalue weighted by molar-refractivity contribution is 0.147. The lowest BCUT2D eigenvalue weighted by Gasteiger charge is -2.08. The number of ether oxygens (including phenoxy) is 2. The third-order valence-electron chi connectivity index (χ3n) is 3.83. The van der Waals surface area contributed by atoms with E-state index >= 15 is 0 Å². The highest BCUT2D eigenvalue weighted by Gasteiger charge is 2.05. The van der Waals surface area contributed by atoms with Gasteiger partial charge in [0, 0.05) is 39.2 Å².